The summed E-state index contributed by atoms with van der Waals surface area (Å²) >= 11 is 0. The van der Waals surface area contributed by atoms with Crippen molar-refractivity contribution in [3.05, 3.63) is 0 Å². The van der Waals surface area contributed by atoms with E-state index >= 15 is 0 Å². The molecule has 2 amide bonds. The number of amides is 2. The Morgan fingerprint density at radius 2 is 1.72 bits per heavy atom. The van der Waals surface area contributed by atoms with Gasteiger partial charge in [-0.2, -0.15) is 0 Å². The van der Waals surface area contributed by atoms with E-state index in [9.17, 15) is 14.4 Å². The molecule has 0 bridgehead atoms. The molecule has 1 atom stereocenters. The quantitative estimate of drug-likeness (QED) is 0.671. The maximum atomic E-state index is 11.7. The number of nitrogens with zero attached hydrogens (tertiary/aromatic N) is 1. The maximum Gasteiger partial charge on any atom is 0.326 e. The SMILES string of the molecule is CN(CC(C)(C)C)C(=O)N[C@@H](CC(=O)O)C(=O)O. The molecule has 7 heteroatoms. The Labute approximate surface area is 106 Å². The van der Waals surface area contributed by atoms with Gasteiger partial charge in [-0.3, -0.25) is 4.79 Å². The highest BCUT2D eigenvalue weighted by Gasteiger charge is 2.25. The molecule has 18 heavy (non-hydrogen) atoms. The highest BCUT2D eigenvalue weighted by molar-refractivity contribution is 5.86. The van der Waals surface area contributed by atoms with Crippen molar-refractivity contribution in [2.45, 2.75) is 33.2 Å². The van der Waals surface area contributed by atoms with Gasteiger partial charge in [-0.25, -0.2) is 9.59 Å². The van der Waals surface area contributed by atoms with Crippen molar-refractivity contribution in [1.29, 1.82) is 0 Å². The molecule has 0 saturated carbocycles. The third-order valence-electron chi connectivity index (χ3n) is 2.03. The van der Waals surface area contributed by atoms with E-state index in [1.54, 1.807) is 0 Å². The lowest BCUT2D eigenvalue weighted by atomic mass is 9.96. The van der Waals surface area contributed by atoms with Crippen LogP contribution in [0, 0.1) is 5.41 Å². The van der Waals surface area contributed by atoms with Crippen LogP contribution >= 0.6 is 0 Å². The lowest BCUT2D eigenvalue weighted by molar-refractivity contribution is -0.145. The molecule has 0 saturated heterocycles. The number of carboxylic acids is 2. The van der Waals surface area contributed by atoms with Gasteiger partial charge in [-0.05, 0) is 5.41 Å². The Bertz CT molecular complexity index is 335. The second kappa shape index (κ2) is 6.23. The third kappa shape index (κ3) is 6.72. The van der Waals surface area contributed by atoms with Crippen LogP contribution in [0.5, 0.6) is 0 Å². The van der Waals surface area contributed by atoms with Crippen molar-refractivity contribution in [3.63, 3.8) is 0 Å². The predicted octanol–water partition coefficient (Wildman–Crippen LogP) is 0.602. The van der Waals surface area contributed by atoms with Crippen molar-refractivity contribution in [2.75, 3.05) is 13.6 Å². The minimum Gasteiger partial charge on any atom is -0.481 e. The summed E-state index contributed by atoms with van der Waals surface area (Å²) in [7, 11) is 1.53. The van der Waals surface area contributed by atoms with Crippen LogP contribution in [-0.4, -0.2) is 52.7 Å². The number of carboxylic acid groups (broad SMARTS) is 2. The van der Waals surface area contributed by atoms with Crippen LogP contribution in [0.2, 0.25) is 0 Å². The van der Waals surface area contributed by atoms with E-state index in [0.29, 0.717) is 6.54 Å². The lowest BCUT2D eigenvalue weighted by Gasteiger charge is -2.27. The first kappa shape index (κ1) is 16.2. The zero-order valence-electron chi connectivity index (χ0n) is 11.1. The number of urea groups is 1. The third-order valence-corrected chi connectivity index (χ3v) is 2.03. The Morgan fingerprint density at radius 1 is 1.22 bits per heavy atom. The van der Waals surface area contributed by atoms with E-state index < -0.39 is 30.4 Å². The Morgan fingerprint density at radius 3 is 2.06 bits per heavy atom. The van der Waals surface area contributed by atoms with Crippen molar-refractivity contribution in [1.82, 2.24) is 10.2 Å². The fourth-order valence-electron chi connectivity index (χ4n) is 1.42. The van der Waals surface area contributed by atoms with Crippen LogP contribution in [0.1, 0.15) is 27.2 Å². The van der Waals surface area contributed by atoms with Crippen LogP contribution in [-0.2, 0) is 9.59 Å². The van der Waals surface area contributed by atoms with E-state index in [4.69, 9.17) is 10.2 Å². The fourth-order valence-corrected chi connectivity index (χ4v) is 1.42. The Hall–Kier alpha value is -1.79. The van der Waals surface area contributed by atoms with E-state index in [-0.39, 0.29) is 5.41 Å². The molecule has 0 spiro atoms. The first-order valence-electron chi connectivity index (χ1n) is 5.49. The number of aliphatic carboxylic acids is 2. The topological polar surface area (TPSA) is 107 Å². The summed E-state index contributed by atoms with van der Waals surface area (Å²) < 4.78 is 0. The van der Waals surface area contributed by atoms with Crippen LogP contribution in [0.15, 0.2) is 0 Å². The molecule has 0 unspecified atom stereocenters. The number of rotatable bonds is 5. The zero-order valence-corrected chi connectivity index (χ0v) is 11.1. The van der Waals surface area contributed by atoms with Gasteiger partial charge in [0, 0.05) is 13.6 Å². The van der Waals surface area contributed by atoms with E-state index in [0.717, 1.165) is 0 Å². The molecule has 0 aromatic carbocycles. The minimum absolute atomic E-state index is 0.127. The highest BCUT2D eigenvalue weighted by atomic mass is 16.4. The van der Waals surface area contributed by atoms with Crippen molar-refractivity contribution >= 4 is 18.0 Å². The smallest absolute Gasteiger partial charge is 0.326 e. The summed E-state index contributed by atoms with van der Waals surface area (Å²) in [4.78, 5) is 34.3. The van der Waals surface area contributed by atoms with Gasteiger partial charge >= 0.3 is 18.0 Å². The molecule has 0 radical (unpaired) electrons. The summed E-state index contributed by atoms with van der Waals surface area (Å²) in [5.74, 6) is -2.64. The first-order valence-corrected chi connectivity index (χ1v) is 5.49. The summed E-state index contributed by atoms with van der Waals surface area (Å²) in [6.07, 6.45) is -0.648. The van der Waals surface area contributed by atoms with Crippen molar-refractivity contribution in [2.24, 2.45) is 5.41 Å². The van der Waals surface area contributed by atoms with Gasteiger partial charge in [0.15, 0.2) is 0 Å². The minimum atomic E-state index is -1.42. The molecule has 3 N–H and O–H groups in total. The van der Waals surface area contributed by atoms with E-state index in [1.165, 1.54) is 11.9 Å². The molecular formula is C11H20N2O5. The van der Waals surface area contributed by atoms with Gasteiger partial charge in [0.1, 0.15) is 6.04 Å². The number of carbonyl (C=O) groups excluding carboxylic acids is 1. The predicted molar refractivity (Wildman–Crippen MR) is 64.3 cm³/mol. The van der Waals surface area contributed by atoms with E-state index in [2.05, 4.69) is 5.32 Å². The maximum absolute atomic E-state index is 11.7. The second-order valence-corrected chi connectivity index (χ2v) is 5.35. The number of carbonyl (C=O) groups is 3. The number of nitrogens with one attached hydrogen (secondary N) is 1. The average Bonchev–Trinajstić information content (AvgIpc) is 2.12. The Kier molecular flexibility index (Phi) is 5.61. The monoisotopic (exact) mass is 260 g/mol. The van der Waals surface area contributed by atoms with Gasteiger partial charge in [-0.1, -0.05) is 20.8 Å². The molecule has 0 aliphatic rings. The van der Waals surface area contributed by atoms with Crippen LogP contribution in [0.3, 0.4) is 0 Å². The summed E-state index contributed by atoms with van der Waals surface area (Å²) in [6.45, 7) is 6.23. The van der Waals surface area contributed by atoms with Gasteiger partial charge in [-0.15, -0.1) is 0 Å². The number of hydrogen-bond acceptors (Lipinski definition) is 3. The Balaban J connectivity index is 4.50. The van der Waals surface area contributed by atoms with Crippen molar-refractivity contribution < 1.29 is 24.6 Å². The molecule has 0 aromatic rings. The summed E-state index contributed by atoms with van der Waals surface area (Å²) in [5, 5.41) is 19.5. The fraction of sp³-hybridized carbons (Fsp3) is 0.727. The van der Waals surface area contributed by atoms with Gasteiger partial charge in [0.25, 0.3) is 0 Å². The van der Waals surface area contributed by atoms with Gasteiger partial charge in [0.05, 0.1) is 6.42 Å². The van der Waals surface area contributed by atoms with Gasteiger partial charge in [0.2, 0.25) is 0 Å². The molecule has 0 rings (SSSR count). The van der Waals surface area contributed by atoms with E-state index in [1.807, 2.05) is 20.8 Å². The molecule has 0 heterocycles. The molecule has 0 aliphatic heterocycles. The standard InChI is InChI=1S/C11H20N2O5/c1-11(2,3)6-13(4)10(18)12-7(9(16)17)5-8(14)15/h7H,5-6H2,1-4H3,(H,12,18)(H,14,15)(H,16,17)/t7-/m0/s1. The lowest BCUT2D eigenvalue weighted by Crippen LogP contribution is -2.49. The zero-order chi connectivity index (χ0) is 14.5. The molecular weight excluding hydrogens is 240 g/mol. The van der Waals surface area contributed by atoms with Crippen LogP contribution < -0.4 is 5.32 Å². The second-order valence-electron chi connectivity index (χ2n) is 5.35. The number of hydrogen-bond donors (Lipinski definition) is 3. The molecule has 0 aromatic heterocycles. The molecule has 0 fully saturated rings. The molecule has 0 aliphatic carbocycles. The van der Waals surface area contributed by atoms with Crippen LogP contribution in [0.25, 0.3) is 0 Å². The summed E-state index contributed by atoms with van der Waals surface area (Å²) in [5.41, 5.74) is -0.127. The largest absolute Gasteiger partial charge is 0.481 e. The van der Waals surface area contributed by atoms with Crippen LogP contribution in [0.4, 0.5) is 4.79 Å². The highest BCUT2D eigenvalue weighted by Crippen LogP contribution is 2.14. The molecule has 104 valence electrons. The van der Waals surface area contributed by atoms with Gasteiger partial charge < -0.3 is 20.4 Å². The normalized spacial score (nSPS) is 12.7. The first-order chi connectivity index (χ1) is 8.03. The molecule has 7 nitrogen and oxygen atoms in total. The average molecular weight is 260 g/mol. The van der Waals surface area contributed by atoms with Crippen molar-refractivity contribution in [3.8, 4) is 0 Å². The summed E-state index contributed by atoms with van der Waals surface area (Å²) in [6, 6.07) is -2.02.